The van der Waals surface area contributed by atoms with E-state index in [1.807, 2.05) is 0 Å². The largest absolute Gasteiger partial charge is 0.465 e. The van der Waals surface area contributed by atoms with Crippen molar-refractivity contribution in [3.63, 3.8) is 0 Å². The summed E-state index contributed by atoms with van der Waals surface area (Å²) in [5, 5.41) is 12.2. The Labute approximate surface area is 243 Å². The maximum Gasteiger partial charge on any atom is 0.338 e. The molecule has 1 aromatic rings. The van der Waals surface area contributed by atoms with Crippen LogP contribution >= 0.6 is 0 Å². The molecule has 1 aliphatic heterocycles. The number of carbonyl (C=O) groups excluding carboxylic acids is 5. The van der Waals surface area contributed by atoms with Gasteiger partial charge in [0.05, 0.1) is 22.7 Å². The van der Waals surface area contributed by atoms with Crippen molar-refractivity contribution in [3.05, 3.63) is 35.9 Å². The molecule has 1 saturated heterocycles. The average molecular weight is 591 g/mol. The van der Waals surface area contributed by atoms with Crippen LogP contribution in [0.3, 0.4) is 0 Å². The SMILES string of the molecule is CC(=O)OC[C@@]12[C@@H](OC(C)=O)CC[C@](C)(O)[C@]13OC(C)(C)[C@H]([C@@H](OC(C)=O)[C@H]2OC(=O)c1ccccc1)[C@H]3OC(C)=O. The Hall–Kier alpha value is -3.51. The van der Waals surface area contributed by atoms with Gasteiger partial charge in [0.25, 0.3) is 0 Å². The van der Waals surface area contributed by atoms with Gasteiger partial charge in [-0.25, -0.2) is 4.79 Å². The van der Waals surface area contributed by atoms with Crippen LogP contribution < -0.4 is 0 Å². The molecule has 3 fully saturated rings. The third-order valence-corrected chi connectivity index (χ3v) is 8.73. The fraction of sp³-hybridized carbons (Fsp3) is 0.633. The number of aliphatic hydroxyl groups is 1. The summed E-state index contributed by atoms with van der Waals surface area (Å²) in [6.07, 6.45) is -5.37. The number of fused-ring (bicyclic) bond motifs is 1. The normalized spacial score (nSPS) is 36.1. The number of benzene rings is 1. The third kappa shape index (κ3) is 4.94. The highest BCUT2D eigenvalue weighted by Gasteiger charge is 2.87. The third-order valence-electron chi connectivity index (χ3n) is 8.73. The second-order valence-electron chi connectivity index (χ2n) is 12.0. The number of carbonyl (C=O) groups is 5. The van der Waals surface area contributed by atoms with Crippen LogP contribution in [-0.4, -0.2) is 82.8 Å². The minimum absolute atomic E-state index is 0.00488. The number of ether oxygens (including phenoxy) is 6. The van der Waals surface area contributed by atoms with E-state index in [4.69, 9.17) is 28.4 Å². The van der Waals surface area contributed by atoms with E-state index in [9.17, 15) is 29.1 Å². The topological polar surface area (TPSA) is 161 Å². The van der Waals surface area contributed by atoms with Crippen molar-refractivity contribution in [2.24, 2.45) is 11.3 Å². The summed E-state index contributed by atoms with van der Waals surface area (Å²) in [5.74, 6) is -4.70. The summed E-state index contributed by atoms with van der Waals surface area (Å²) in [7, 11) is 0. The maximum absolute atomic E-state index is 13.7. The van der Waals surface area contributed by atoms with E-state index >= 15 is 0 Å². The summed E-state index contributed by atoms with van der Waals surface area (Å²) in [5.41, 5.74) is -6.85. The van der Waals surface area contributed by atoms with Crippen LogP contribution in [0.4, 0.5) is 0 Å². The summed E-state index contributed by atoms with van der Waals surface area (Å²) in [6, 6.07) is 8.04. The summed E-state index contributed by atoms with van der Waals surface area (Å²) < 4.78 is 36.2. The lowest BCUT2D eigenvalue weighted by molar-refractivity contribution is -0.348. The standard InChI is InChI=1S/C30H38O12/c1-16(31)37-15-29-21(38-17(2)32)13-14-28(7,36)30(29)24(40-19(4)34)22(27(5,6)42-30)23(39-18(3)33)25(29)41-26(35)20-11-9-8-10-12-20/h8-12,21-25,36H,13-15H2,1-7H3/t21-,22+,23+,24+,25+,28-,29-,30-/m0/s1. The quantitative estimate of drug-likeness (QED) is 0.365. The lowest BCUT2D eigenvalue weighted by atomic mass is 9.46. The van der Waals surface area contributed by atoms with Crippen LogP contribution in [0.2, 0.25) is 0 Å². The molecule has 230 valence electrons. The molecular weight excluding hydrogens is 552 g/mol. The minimum Gasteiger partial charge on any atom is -0.465 e. The maximum atomic E-state index is 13.7. The Bertz CT molecular complexity index is 1260. The molecule has 1 heterocycles. The predicted octanol–water partition coefficient (Wildman–Crippen LogP) is 2.28. The van der Waals surface area contributed by atoms with Crippen LogP contribution in [-0.2, 0) is 47.6 Å². The molecule has 0 radical (unpaired) electrons. The van der Waals surface area contributed by atoms with Gasteiger partial charge in [0, 0.05) is 27.7 Å². The highest BCUT2D eigenvalue weighted by Crippen LogP contribution is 2.69. The smallest absolute Gasteiger partial charge is 0.338 e. The van der Waals surface area contributed by atoms with Crippen molar-refractivity contribution in [3.8, 4) is 0 Å². The fourth-order valence-corrected chi connectivity index (χ4v) is 7.43. The second kappa shape index (κ2) is 11.0. The molecule has 4 rings (SSSR count). The van der Waals surface area contributed by atoms with Crippen molar-refractivity contribution in [1.29, 1.82) is 0 Å². The van der Waals surface area contributed by atoms with Gasteiger partial charge in [0.1, 0.15) is 30.3 Å². The van der Waals surface area contributed by atoms with Gasteiger partial charge in [-0.3, -0.25) is 19.2 Å². The van der Waals surface area contributed by atoms with E-state index in [1.165, 1.54) is 39.8 Å². The Balaban J connectivity index is 2.10. The summed E-state index contributed by atoms with van der Waals surface area (Å²) in [4.78, 5) is 63.7. The molecule has 2 bridgehead atoms. The van der Waals surface area contributed by atoms with Crippen molar-refractivity contribution in [2.45, 2.75) is 103 Å². The summed E-state index contributed by atoms with van der Waals surface area (Å²) in [6.45, 7) is 8.90. The van der Waals surface area contributed by atoms with Gasteiger partial charge >= 0.3 is 29.8 Å². The van der Waals surface area contributed by atoms with E-state index in [-0.39, 0.29) is 18.4 Å². The summed E-state index contributed by atoms with van der Waals surface area (Å²) >= 11 is 0. The zero-order chi connectivity index (χ0) is 31.3. The monoisotopic (exact) mass is 590 g/mol. The minimum atomic E-state index is -1.98. The van der Waals surface area contributed by atoms with E-state index in [0.29, 0.717) is 0 Å². The Kier molecular flexibility index (Phi) is 8.20. The first-order valence-corrected chi connectivity index (χ1v) is 13.8. The highest BCUT2D eigenvalue weighted by molar-refractivity contribution is 5.89. The molecule has 2 aliphatic carbocycles. The number of hydrogen-bond donors (Lipinski definition) is 1. The molecular formula is C30H38O12. The van der Waals surface area contributed by atoms with Gasteiger partial charge in [0.15, 0.2) is 11.7 Å². The molecule has 0 unspecified atom stereocenters. The molecule has 1 aromatic carbocycles. The first-order valence-electron chi connectivity index (χ1n) is 13.8. The van der Waals surface area contributed by atoms with Crippen molar-refractivity contribution < 1.29 is 57.5 Å². The van der Waals surface area contributed by atoms with Crippen LogP contribution in [0.1, 0.15) is 71.7 Å². The van der Waals surface area contributed by atoms with E-state index in [2.05, 4.69) is 0 Å². The Morgan fingerprint density at radius 2 is 1.43 bits per heavy atom. The lowest BCUT2D eigenvalue weighted by Crippen LogP contribution is -2.83. The van der Waals surface area contributed by atoms with Gasteiger partial charge in [0.2, 0.25) is 0 Å². The van der Waals surface area contributed by atoms with E-state index < -0.39 is 89.0 Å². The first-order chi connectivity index (χ1) is 19.5. The highest BCUT2D eigenvalue weighted by atomic mass is 16.6. The molecule has 2 saturated carbocycles. The van der Waals surface area contributed by atoms with Gasteiger partial charge in [-0.05, 0) is 45.7 Å². The van der Waals surface area contributed by atoms with E-state index in [0.717, 1.165) is 6.92 Å². The molecule has 1 N–H and O–H groups in total. The van der Waals surface area contributed by atoms with Crippen LogP contribution in [0.25, 0.3) is 0 Å². The average Bonchev–Trinajstić information content (AvgIpc) is 3.07. The molecule has 3 aliphatic rings. The predicted molar refractivity (Wildman–Crippen MR) is 143 cm³/mol. The number of rotatable bonds is 7. The van der Waals surface area contributed by atoms with Crippen LogP contribution in [0.5, 0.6) is 0 Å². The zero-order valence-corrected chi connectivity index (χ0v) is 24.8. The van der Waals surface area contributed by atoms with Crippen LogP contribution in [0.15, 0.2) is 30.3 Å². The number of esters is 5. The van der Waals surface area contributed by atoms with E-state index in [1.54, 1.807) is 32.0 Å². The van der Waals surface area contributed by atoms with Crippen molar-refractivity contribution in [1.82, 2.24) is 0 Å². The molecule has 0 aromatic heterocycles. The molecule has 1 spiro atoms. The molecule has 42 heavy (non-hydrogen) atoms. The van der Waals surface area contributed by atoms with Crippen LogP contribution in [0, 0.1) is 11.3 Å². The lowest BCUT2D eigenvalue weighted by Gasteiger charge is -2.65. The van der Waals surface area contributed by atoms with Gasteiger partial charge in [-0.15, -0.1) is 0 Å². The Morgan fingerprint density at radius 3 is 1.98 bits per heavy atom. The molecule has 8 atom stereocenters. The first kappa shape index (κ1) is 31.4. The van der Waals surface area contributed by atoms with Gasteiger partial charge in [-0.1, -0.05) is 18.2 Å². The fourth-order valence-electron chi connectivity index (χ4n) is 7.43. The van der Waals surface area contributed by atoms with Gasteiger partial charge < -0.3 is 33.5 Å². The molecule has 0 amide bonds. The van der Waals surface area contributed by atoms with Crippen molar-refractivity contribution >= 4 is 29.8 Å². The second-order valence-corrected chi connectivity index (χ2v) is 12.0. The van der Waals surface area contributed by atoms with Crippen molar-refractivity contribution in [2.75, 3.05) is 6.61 Å². The molecule has 12 heteroatoms. The molecule has 12 nitrogen and oxygen atoms in total. The van der Waals surface area contributed by atoms with Gasteiger partial charge in [-0.2, -0.15) is 0 Å². The number of hydrogen-bond acceptors (Lipinski definition) is 12. The Morgan fingerprint density at radius 1 is 0.833 bits per heavy atom. The zero-order valence-electron chi connectivity index (χ0n) is 24.8.